The molecule has 1 unspecified atom stereocenters. The molecule has 7 heteroatoms. The molecule has 1 atom stereocenters. The van der Waals surface area contributed by atoms with Gasteiger partial charge in [0.15, 0.2) is 0 Å². The topological polar surface area (TPSA) is 73.2 Å². The number of aryl methyl sites for hydroxylation is 1. The fraction of sp³-hybridized carbons (Fsp3) is 0.438. The van der Waals surface area contributed by atoms with E-state index in [9.17, 15) is 8.42 Å². The largest absolute Gasteiger partial charge is 0.491 e. The third kappa shape index (κ3) is 4.80. The van der Waals surface area contributed by atoms with Crippen LogP contribution in [0.3, 0.4) is 0 Å². The van der Waals surface area contributed by atoms with E-state index in [1.165, 1.54) is 0 Å². The normalized spacial score (nSPS) is 13.3. The molecule has 0 amide bonds. The summed E-state index contributed by atoms with van der Waals surface area (Å²) in [6.07, 6.45) is 3.51. The van der Waals surface area contributed by atoms with Gasteiger partial charge in [-0.25, -0.2) is 13.1 Å². The van der Waals surface area contributed by atoms with Gasteiger partial charge in [0.05, 0.1) is 17.5 Å². The second kappa shape index (κ2) is 7.14. The third-order valence-corrected chi connectivity index (χ3v) is 4.78. The number of nitrogens with zero attached hydrogens (tertiary/aromatic N) is 2. The van der Waals surface area contributed by atoms with Gasteiger partial charge in [0.25, 0.3) is 0 Å². The summed E-state index contributed by atoms with van der Waals surface area (Å²) in [5.41, 5.74) is 0.793. The van der Waals surface area contributed by atoms with Crippen molar-refractivity contribution < 1.29 is 13.2 Å². The van der Waals surface area contributed by atoms with Gasteiger partial charge in [-0.1, -0.05) is 0 Å². The van der Waals surface area contributed by atoms with Crippen LogP contribution in [0, 0.1) is 6.92 Å². The molecule has 1 aromatic heterocycles. The molecule has 2 aromatic rings. The van der Waals surface area contributed by atoms with Gasteiger partial charge in [-0.2, -0.15) is 5.10 Å². The van der Waals surface area contributed by atoms with E-state index in [-0.39, 0.29) is 17.0 Å². The van der Waals surface area contributed by atoms with E-state index >= 15 is 0 Å². The molecule has 0 fully saturated rings. The van der Waals surface area contributed by atoms with Crippen LogP contribution in [-0.4, -0.2) is 30.3 Å². The molecule has 0 radical (unpaired) electrons. The van der Waals surface area contributed by atoms with Gasteiger partial charge < -0.3 is 4.74 Å². The van der Waals surface area contributed by atoms with Crippen LogP contribution in [0.4, 0.5) is 0 Å². The summed E-state index contributed by atoms with van der Waals surface area (Å²) in [4.78, 5) is 0.235. The predicted molar refractivity (Wildman–Crippen MR) is 89.0 cm³/mol. The lowest BCUT2D eigenvalue weighted by Gasteiger charge is -2.16. The van der Waals surface area contributed by atoms with Crippen molar-refractivity contribution in [3.63, 3.8) is 0 Å². The van der Waals surface area contributed by atoms with E-state index in [0.717, 1.165) is 5.56 Å². The van der Waals surface area contributed by atoms with E-state index in [0.29, 0.717) is 12.3 Å². The summed E-state index contributed by atoms with van der Waals surface area (Å²) in [6, 6.07) is 6.42. The minimum atomic E-state index is -3.58. The Kier molecular flexibility index (Phi) is 5.43. The van der Waals surface area contributed by atoms with E-state index in [1.54, 1.807) is 41.3 Å². The molecular weight excluding hydrogens is 314 g/mol. The van der Waals surface area contributed by atoms with E-state index in [1.807, 2.05) is 27.7 Å². The van der Waals surface area contributed by atoms with Crippen LogP contribution in [0.25, 0.3) is 0 Å². The zero-order valence-electron chi connectivity index (χ0n) is 13.9. The molecule has 0 aliphatic rings. The standard InChI is InChI=1S/C16H23N3O3S/c1-12(2)22-16-7-6-15(10-13(16)3)23(20,21)18-14(4)11-19-9-5-8-17-19/h5-10,12,14,18H,11H2,1-4H3. The van der Waals surface area contributed by atoms with Gasteiger partial charge in [-0.3, -0.25) is 4.68 Å². The van der Waals surface area contributed by atoms with Crippen LogP contribution >= 0.6 is 0 Å². The first-order valence-electron chi connectivity index (χ1n) is 7.55. The van der Waals surface area contributed by atoms with Crippen molar-refractivity contribution in [2.45, 2.75) is 51.3 Å². The highest BCUT2D eigenvalue weighted by atomic mass is 32.2. The number of nitrogens with one attached hydrogen (secondary N) is 1. The van der Waals surface area contributed by atoms with Crippen molar-refractivity contribution in [2.24, 2.45) is 0 Å². The minimum absolute atomic E-state index is 0.0448. The van der Waals surface area contributed by atoms with Crippen LogP contribution < -0.4 is 9.46 Å². The number of aromatic nitrogens is 2. The maximum absolute atomic E-state index is 12.5. The Hall–Kier alpha value is -1.86. The molecule has 6 nitrogen and oxygen atoms in total. The van der Waals surface area contributed by atoms with E-state index < -0.39 is 10.0 Å². The van der Waals surface area contributed by atoms with Gasteiger partial charge in [0.2, 0.25) is 10.0 Å². The maximum atomic E-state index is 12.5. The van der Waals surface area contributed by atoms with Crippen molar-refractivity contribution in [3.8, 4) is 5.75 Å². The second-order valence-corrected chi connectivity index (χ2v) is 7.56. The molecule has 0 aliphatic heterocycles. The molecule has 1 heterocycles. The summed E-state index contributed by atoms with van der Waals surface area (Å²) in [5.74, 6) is 0.698. The first-order valence-corrected chi connectivity index (χ1v) is 9.03. The predicted octanol–water partition coefficient (Wildman–Crippen LogP) is 2.35. The minimum Gasteiger partial charge on any atom is -0.491 e. The molecule has 1 aromatic carbocycles. The third-order valence-electron chi connectivity index (χ3n) is 3.20. The van der Waals surface area contributed by atoms with Gasteiger partial charge >= 0.3 is 0 Å². The Morgan fingerprint density at radius 1 is 1.30 bits per heavy atom. The molecule has 0 bridgehead atoms. The summed E-state index contributed by atoms with van der Waals surface area (Å²) in [6.45, 7) is 7.98. The Balaban J connectivity index is 2.11. The lowest BCUT2D eigenvalue weighted by atomic mass is 10.2. The summed E-state index contributed by atoms with van der Waals surface area (Å²) in [7, 11) is -3.58. The van der Waals surface area contributed by atoms with Crippen molar-refractivity contribution >= 4 is 10.0 Å². The molecule has 0 aliphatic carbocycles. The summed E-state index contributed by atoms with van der Waals surface area (Å²) in [5, 5.41) is 4.08. The number of hydrogen-bond donors (Lipinski definition) is 1. The van der Waals surface area contributed by atoms with Gasteiger partial charge in [0, 0.05) is 18.4 Å². The highest BCUT2D eigenvalue weighted by Crippen LogP contribution is 2.23. The Labute approximate surface area is 137 Å². The molecule has 23 heavy (non-hydrogen) atoms. The molecule has 126 valence electrons. The monoisotopic (exact) mass is 337 g/mol. The van der Waals surface area contributed by atoms with Crippen LogP contribution in [0.2, 0.25) is 0 Å². The quantitative estimate of drug-likeness (QED) is 0.842. The zero-order chi connectivity index (χ0) is 17.0. The number of benzene rings is 1. The summed E-state index contributed by atoms with van der Waals surface area (Å²) >= 11 is 0. The SMILES string of the molecule is Cc1cc(S(=O)(=O)NC(C)Cn2cccn2)ccc1OC(C)C. The van der Waals surface area contributed by atoms with Crippen LogP contribution in [0.1, 0.15) is 26.3 Å². The Morgan fingerprint density at radius 3 is 2.61 bits per heavy atom. The van der Waals surface area contributed by atoms with Crippen molar-refractivity contribution in [3.05, 3.63) is 42.2 Å². The number of rotatable bonds is 7. The molecular formula is C16H23N3O3S. The maximum Gasteiger partial charge on any atom is 0.240 e. The molecule has 0 spiro atoms. The van der Waals surface area contributed by atoms with Crippen molar-refractivity contribution in [1.29, 1.82) is 0 Å². The molecule has 1 N–H and O–H groups in total. The Morgan fingerprint density at radius 2 is 2.04 bits per heavy atom. The number of hydrogen-bond acceptors (Lipinski definition) is 4. The van der Waals surface area contributed by atoms with Crippen molar-refractivity contribution in [1.82, 2.24) is 14.5 Å². The highest BCUT2D eigenvalue weighted by molar-refractivity contribution is 7.89. The molecule has 2 rings (SSSR count). The van der Waals surface area contributed by atoms with Crippen LogP contribution in [-0.2, 0) is 16.6 Å². The van der Waals surface area contributed by atoms with E-state index in [2.05, 4.69) is 9.82 Å². The fourth-order valence-electron chi connectivity index (χ4n) is 2.23. The van der Waals surface area contributed by atoms with E-state index in [4.69, 9.17) is 4.74 Å². The lowest BCUT2D eigenvalue weighted by molar-refractivity contribution is 0.240. The zero-order valence-corrected chi connectivity index (χ0v) is 14.7. The van der Waals surface area contributed by atoms with Crippen LogP contribution in [0.5, 0.6) is 5.75 Å². The second-order valence-electron chi connectivity index (χ2n) is 5.84. The first-order chi connectivity index (χ1) is 10.8. The average Bonchev–Trinajstić information content (AvgIpc) is 2.92. The van der Waals surface area contributed by atoms with Crippen molar-refractivity contribution in [2.75, 3.05) is 0 Å². The molecule has 0 saturated carbocycles. The van der Waals surface area contributed by atoms with Gasteiger partial charge in [-0.15, -0.1) is 0 Å². The number of ether oxygens (including phenoxy) is 1. The highest BCUT2D eigenvalue weighted by Gasteiger charge is 2.19. The van der Waals surface area contributed by atoms with Gasteiger partial charge in [0.1, 0.15) is 5.75 Å². The Bertz CT molecular complexity index is 740. The number of sulfonamides is 1. The first kappa shape index (κ1) is 17.5. The smallest absolute Gasteiger partial charge is 0.240 e. The fourth-order valence-corrected chi connectivity index (χ4v) is 3.55. The summed E-state index contributed by atoms with van der Waals surface area (Å²) < 4.78 is 34.9. The van der Waals surface area contributed by atoms with Gasteiger partial charge in [-0.05, 0) is 57.5 Å². The average molecular weight is 337 g/mol. The lowest BCUT2D eigenvalue weighted by Crippen LogP contribution is -2.35. The molecule has 0 saturated heterocycles. The van der Waals surface area contributed by atoms with Crippen LogP contribution in [0.15, 0.2) is 41.6 Å².